The minimum absolute atomic E-state index is 0.106. The maximum absolute atomic E-state index is 11.3. The van der Waals surface area contributed by atoms with Crippen LogP contribution < -0.4 is 5.32 Å². The van der Waals surface area contributed by atoms with Gasteiger partial charge in [0, 0.05) is 31.6 Å². The molecule has 2 aliphatic heterocycles. The Labute approximate surface area is 122 Å². The molecule has 0 radical (unpaired) electrons. The van der Waals surface area contributed by atoms with Gasteiger partial charge in [0.1, 0.15) is 0 Å². The Kier molecular flexibility index (Phi) is 4.61. The number of fused-ring (bicyclic) bond motifs is 2. The maximum Gasteiger partial charge on any atom is 0.217 e. The molecule has 1 amide bonds. The van der Waals surface area contributed by atoms with Crippen LogP contribution in [0.15, 0.2) is 0 Å². The fourth-order valence-corrected chi connectivity index (χ4v) is 4.36. The summed E-state index contributed by atoms with van der Waals surface area (Å²) in [7, 11) is 0. The van der Waals surface area contributed by atoms with Crippen LogP contribution in [0.2, 0.25) is 0 Å². The molecule has 0 spiro atoms. The first kappa shape index (κ1) is 14.3. The summed E-state index contributed by atoms with van der Waals surface area (Å²) in [4.78, 5) is 14.0. The van der Waals surface area contributed by atoms with Gasteiger partial charge in [-0.2, -0.15) is 0 Å². The third kappa shape index (κ3) is 3.34. The summed E-state index contributed by atoms with van der Waals surface area (Å²) < 4.78 is 5.75. The van der Waals surface area contributed by atoms with Gasteiger partial charge in [-0.1, -0.05) is 19.3 Å². The summed E-state index contributed by atoms with van der Waals surface area (Å²) >= 11 is 0. The van der Waals surface area contributed by atoms with Crippen LogP contribution in [0.5, 0.6) is 0 Å². The highest BCUT2D eigenvalue weighted by molar-refractivity contribution is 5.73. The summed E-state index contributed by atoms with van der Waals surface area (Å²) in [6.07, 6.45) is 9.19. The smallest absolute Gasteiger partial charge is 0.217 e. The highest BCUT2D eigenvalue weighted by Gasteiger charge is 2.39. The van der Waals surface area contributed by atoms with Crippen molar-refractivity contribution in [2.24, 2.45) is 5.92 Å². The first-order valence-electron chi connectivity index (χ1n) is 8.33. The van der Waals surface area contributed by atoms with Crippen molar-refractivity contribution in [3.63, 3.8) is 0 Å². The molecule has 3 aliphatic rings. The molecule has 4 heteroatoms. The zero-order valence-corrected chi connectivity index (χ0v) is 12.6. The monoisotopic (exact) mass is 280 g/mol. The van der Waals surface area contributed by atoms with Crippen LogP contribution in [0.25, 0.3) is 0 Å². The molecule has 0 aromatic carbocycles. The second-order valence-corrected chi connectivity index (χ2v) is 6.91. The lowest BCUT2D eigenvalue weighted by Crippen LogP contribution is -2.61. The van der Waals surface area contributed by atoms with Crippen molar-refractivity contribution in [1.29, 1.82) is 0 Å². The zero-order chi connectivity index (χ0) is 13.9. The molecular formula is C16H28N2O2. The van der Waals surface area contributed by atoms with Crippen LogP contribution in [0.1, 0.15) is 51.9 Å². The van der Waals surface area contributed by atoms with Gasteiger partial charge >= 0.3 is 0 Å². The summed E-state index contributed by atoms with van der Waals surface area (Å²) in [5.74, 6) is 0.999. The molecule has 3 fully saturated rings. The molecule has 2 unspecified atom stereocenters. The van der Waals surface area contributed by atoms with Crippen molar-refractivity contribution in [2.45, 2.75) is 70.0 Å². The van der Waals surface area contributed by atoms with Crippen molar-refractivity contribution < 1.29 is 9.53 Å². The summed E-state index contributed by atoms with van der Waals surface area (Å²) in [6.45, 7) is 4.57. The molecule has 1 aliphatic carbocycles. The van der Waals surface area contributed by atoms with Gasteiger partial charge < -0.3 is 10.1 Å². The second-order valence-electron chi connectivity index (χ2n) is 6.91. The fraction of sp³-hybridized carbons (Fsp3) is 0.938. The number of morpholine rings is 1. The average molecular weight is 280 g/mol. The lowest BCUT2D eigenvalue weighted by Gasteiger charge is -2.49. The average Bonchev–Trinajstić information content (AvgIpc) is 2.40. The molecule has 2 saturated heterocycles. The highest BCUT2D eigenvalue weighted by Crippen LogP contribution is 2.32. The van der Waals surface area contributed by atoms with Gasteiger partial charge in [-0.3, -0.25) is 9.69 Å². The SMILES string of the molecule is CC(=O)NC1CC2COCC(C1)N2CC1CCCCC1. The van der Waals surface area contributed by atoms with E-state index >= 15 is 0 Å². The molecule has 114 valence electrons. The predicted octanol–water partition coefficient (Wildman–Crippen LogP) is 1.93. The minimum atomic E-state index is 0.106. The number of rotatable bonds is 3. The van der Waals surface area contributed by atoms with Gasteiger partial charge in [-0.25, -0.2) is 0 Å². The Bertz CT molecular complexity index is 327. The number of nitrogens with one attached hydrogen (secondary N) is 1. The van der Waals surface area contributed by atoms with E-state index in [0.717, 1.165) is 32.0 Å². The molecule has 3 rings (SSSR count). The van der Waals surface area contributed by atoms with E-state index < -0.39 is 0 Å². The number of ether oxygens (including phenoxy) is 1. The molecule has 1 saturated carbocycles. The van der Waals surface area contributed by atoms with E-state index in [4.69, 9.17) is 4.74 Å². The largest absolute Gasteiger partial charge is 0.378 e. The van der Waals surface area contributed by atoms with Crippen LogP contribution in [0.3, 0.4) is 0 Å². The number of carbonyl (C=O) groups is 1. The lowest BCUT2D eigenvalue weighted by atomic mass is 9.85. The van der Waals surface area contributed by atoms with Crippen molar-refractivity contribution in [3.8, 4) is 0 Å². The summed E-state index contributed by atoms with van der Waals surface area (Å²) in [5, 5.41) is 3.11. The van der Waals surface area contributed by atoms with E-state index in [1.165, 1.54) is 38.6 Å². The number of piperidine rings is 1. The van der Waals surface area contributed by atoms with Crippen molar-refractivity contribution >= 4 is 5.91 Å². The summed E-state index contributed by atoms with van der Waals surface area (Å²) in [5.41, 5.74) is 0. The van der Waals surface area contributed by atoms with Crippen LogP contribution in [-0.2, 0) is 9.53 Å². The Morgan fingerprint density at radius 2 is 1.80 bits per heavy atom. The lowest BCUT2D eigenvalue weighted by molar-refractivity contribution is -0.122. The minimum Gasteiger partial charge on any atom is -0.378 e. The van der Waals surface area contributed by atoms with E-state index in [1.54, 1.807) is 6.92 Å². The molecule has 20 heavy (non-hydrogen) atoms. The maximum atomic E-state index is 11.3. The fourth-order valence-electron chi connectivity index (χ4n) is 4.36. The predicted molar refractivity (Wildman–Crippen MR) is 78.5 cm³/mol. The standard InChI is InChI=1S/C16H28N2O2/c1-12(19)17-14-7-15-10-20-11-16(8-14)18(15)9-13-5-3-2-4-6-13/h13-16H,2-11H2,1H3,(H,17,19). The van der Waals surface area contributed by atoms with E-state index in [1.807, 2.05) is 0 Å². The van der Waals surface area contributed by atoms with Crippen LogP contribution in [0.4, 0.5) is 0 Å². The molecule has 0 aromatic rings. The van der Waals surface area contributed by atoms with E-state index in [-0.39, 0.29) is 5.91 Å². The topological polar surface area (TPSA) is 41.6 Å². The van der Waals surface area contributed by atoms with E-state index in [9.17, 15) is 4.79 Å². The number of amides is 1. The quantitative estimate of drug-likeness (QED) is 0.859. The number of hydrogen-bond acceptors (Lipinski definition) is 3. The molecule has 2 atom stereocenters. The third-order valence-corrected chi connectivity index (χ3v) is 5.27. The number of nitrogens with zero attached hydrogens (tertiary/aromatic N) is 1. The van der Waals surface area contributed by atoms with Crippen LogP contribution >= 0.6 is 0 Å². The molecule has 2 bridgehead atoms. The third-order valence-electron chi connectivity index (χ3n) is 5.27. The van der Waals surface area contributed by atoms with Gasteiger partial charge in [-0.15, -0.1) is 0 Å². The van der Waals surface area contributed by atoms with Gasteiger partial charge in [0.05, 0.1) is 13.2 Å². The van der Waals surface area contributed by atoms with Gasteiger partial charge in [0.15, 0.2) is 0 Å². The van der Waals surface area contributed by atoms with Crippen molar-refractivity contribution in [1.82, 2.24) is 10.2 Å². The first-order valence-corrected chi connectivity index (χ1v) is 8.33. The van der Waals surface area contributed by atoms with Gasteiger partial charge in [-0.05, 0) is 31.6 Å². The first-order chi connectivity index (χ1) is 9.72. The number of carbonyl (C=O) groups excluding carboxylic acids is 1. The molecule has 2 heterocycles. The van der Waals surface area contributed by atoms with Crippen molar-refractivity contribution in [2.75, 3.05) is 19.8 Å². The highest BCUT2D eigenvalue weighted by atomic mass is 16.5. The Balaban J connectivity index is 1.59. The molecule has 1 N–H and O–H groups in total. The second kappa shape index (κ2) is 6.44. The van der Waals surface area contributed by atoms with Crippen molar-refractivity contribution in [3.05, 3.63) is 0 Å². The Morgan fingerprint density at radius 1 is 1.15 bits per heavy atom. The Hall–Kier alpha value is -0.610. The van der Waals surface area contributed by atoms with E-state index in [2.05, 4.69) is 10.2 Å². The Morgan fingerprint density at radius 3 is 2.40 bits per heavy atom. The zero-order valence-electron chi connectivity index (χ0n) is 12.6. The van der Waals surface area contributed by atoms with Gasteiger partial charge in [0.2, 0.25) is 5.91 Å². The van der Waals surface area contributed by atoms with Gasteiger partial charge in [0.25, 0.3) is 0 Å². The summed E-state index contributed by atoms with van der Waals surface area (Å²) in [6, 6.07) is 1.39. The number of hydrogen-bond donors (Lipinski definition) is 1. The van der Waals surface area contributed by atoms with Crippen LogP contribution in [0, 0.1) is 5.92 Å². The van der Waals surface area contributed by atoms with Crippen LogP contribution in [-0.4, -0.2) is 48.7 Å². The molecule has 4 nitrogen and oxygen atoms in total. The molecule has 0 aromatic heterocycles. The van der Waals surface area contributed by atoms with E-state index in [0.29, 0.717) is 18.1 Å². The normalized spacial score (nSPS) is 35.8. The molecular weight excluding hydrogens is 252 g/mol.